The van der Waals surface area contributed by atoms with Gasteiger partial charge in [-0.25, -0.2) is 0 Å². The van der Waals surface area contributed by atoms with E-state index in [2.05, 4.69) is 43.3 Å². The van der Waals surface area contributed by atoms with Gasteiger partial charge in [0.15, 0.2) is 6.29 Å². The molecule has 0 fully saturated rings. The molecule has 3 aromatic carbocycles. The molecule has 0 aliphatic heterocycles. The maximum atomic E-state index is 11.6. The van der Waals surface area contributed by atoms with Crippen LogP contribution in [0.5, 0.6) is 0 Å². The number of rotatable bonds is 6. The van der Waals surface area contributed by atoms with E-state index in [1.807, 2.05) is 12.1 Å². The molecule has 22 heavy (non-hydrogen) atoms. The number of hydrogen-bond acceptors (Lipinski definition) is 1. The number of aldehydes is 1. The molecule has 0 heterocycles. The topological polar surface area (TPSA) is 17.1 Å². The van der Waals surface area contributed by atoms with E-state index in [1.165, 1.54) is 42.0 Å². The highest BCUT2D eigenvalue weighted by atomic mass is 16.1. The highest BCUT2D eigenvalue weighted by Gasteiger charge is 2.12. The predicted molar refractivity (Wildman–Crippen MR) is 94.7 cm³/mol. The Morgan fingerprint density at radius 1 is 0.773 bits per heavy atom. The van der Waals surface area contributed by atoms with Gasteiger partial charge in [-0.2, -0.15) is 0 Å². The van der Waals surface area contributed by atoms with Gasteiger partial charge in [0.25, 0.3) is 0 Å². The van der Waals surface area contributed by atoms with E-state index in [-0.39, 0.29) is 0 Å². The summed E-state index contributed by atoms with van der Waals surface area (Å²) in [4.78, 5) is 11.6. The van der Waals surface area contributed by atoms with Crippen molar-refractivity contribution in [1.82, 2.24) is 0 Å². The van der Waals surface area contributed by atoms with Crippen LogP contribution in [0.25, 0.3) is 21.5 Å². The van der Waals surface area contributed by atoms with Crippen LogP contribution in [0, 0.1) is 0 Å². The molecular weight excluding hydrogens is 268 g/mol. The van der Waals surface area contributed by atoms with Crippen molar-refractivity contribution in [3.8, 4) is 0 Å². The van der Waals surface area contributed by atoms with Crippen LogP contribution in [0.4, 0.5) is 0 Å². The Balaban J connectivity index is 2.20. The summed E-state index contributed by atoms with van der Waals surface area (Å²) >= 11 is 0. The highest BCUT2D eigenvalue weighted by molar-refractivity contribution is 6.14. The minimum Gasteiger partial charge on any atom is -0.298 e. The Morgan fingerprint density at radius 3 is 1.82 bits per heavy atom. The second kappa shape index (κ2) is 6.74. The first-order valence-corrected chi connectivity index (χ1v) is 8.24. The lowest BCUT2D eigenvalue weighted by Crippen LogP contribution is -1.95. The summed E-state index contributed by atoms with van der Waals surface area (Å²) in [6, 6.07) is 16.6. The summed E-state index contributed by atoms with van der Waals surface area (Å²) in [6.45, 7) is 2.24. The Morgan fingerprint density at radius 2 is 1.32 bits per heavy atom. The van der Waals surface area contributed by atoms with E-state index >= 15 is 0 Å². The molecule has 0 spiro atoms. The van der Waals surface area contributed by atoms with Gasteiger partial charge in [0, 0.05) is 5.56 Å². The van der Waals surface area contributed by atoms with E-state index < -0.39 is 0 Å². The predicted octanol–water partition coefficient (Wildman–Crippen LogP) is 5.93. The Kier molecular flexibility index (Phi) is 4.53. The minimum atomic E-state index is 0.823. The monoisotopic (exact) mass is 290 g/mol. The highest BCUT2D eigenvalue weighted by Crippen LogP contribution is 2.33. The number of benzene rings is 3. The van der Waals surface area contributed by atoms with Crippen molar-refractivity contribution in [1.29, 1.82) is 0 Å². The number of unbranched alkanes of at least 4 members (excludes halogenated alkanes) is 3. The SMILES string of the molecule is CCCCCCc1c2ccccc2c(C=O)c2ccccc12. The molecule has 0 radical (unpaired) electrons. The van der Waals surface area contributed by atoms with Crippen LogP contribution in [0.1, 0.15) is 48.5 Å². The molecule has 1 nitrogen and oxygen atoms in total. The van der Waals surface area contributed by atoms with Gasteiger partial charge < -0.3 is 0 Å². The molecule has 1 heteroatoms. The lowest BCUT2D eigenvalue weighted by molar-refractivity contribution is 0.112. The zero-order chi connectivity index (χ0) is 15.4. The van der Waals surface area contributed by atoms with E-state index in [4.69, 9.17) is 0 Å². The number of fused-ring (bicyclic) bond motifs is 2. The van der Waals surface area contributed by atoms with Crippen LogP contribution in [0.3, 0.4) is 0 Å². The third kappa shape index (κ3) is 2.64. The molecule has 0 aromatic heterocycles. The Hall–Kier alpha value is -2.15. The van der Waals surface area contributed by atoms with Crippen molar-refractivity contribution in [2.45, 2.75) is 39.0 Å². The van der Waals surface area contributed by atoms with Gasteiger partial charge in [0.2, 0.25) is 0 Å². The molecule has 0 N–H and O–H groups in total. The van der Waals surface area contributed by atoms with Gasteiger partial charge in [-0.05, 0) is 39.9 Å². The van der Waals surface area contributed by atoms with Crippen LogP contribution >= 0.6 is 0 Å². The van der Waals surface area contributed by atoms with Crippen LogP contribution in [0.15, 0.2) is 48.5 Å². The lowest BCUT2D eigenvalue weighted by Gasteiger charge is -2.14. The Bertz CT molecular complexity index is 744. The van der Waals surface area contributed by atoms with E-state index in [0.29, 0.717) is 0 Å². The van der Waals surface area contributed by atoms with Crippen molar-refractivity contribution in [3.05, 3.63) is 59.7 Å². The van der Waals surface area contributed by atoms with Crippen molar-refractivity contribution in [3.63, 3.8) is 0 Å². The van der Waals surface area contributed by atoms with Crippen molar-refractivity contribution in [2.24, 2.45) is 0 Å². The van der Waals surface area contributed by atoms with E-state index in [9.17, 15) is 4.79 Å². The maximum absolute atomic E-state index is 11.6. The van der Waals surface area contributed by atoms with Gasteiger partial charge in [-0.15, -0.1) is 0 Å². The minimum absolute atomic E-state index is 0.823. The molecule has 0 aliphatic rings. The van der Waals surface area contributed by atoms with Gasteiger partial charge in [-0.1, -0.05) is 74.7 Å². The molecule has 0 saturated carbocycles. The fourth-order valence-corrected chi connectivity index (χ4v) is 3.38. The quantitative estimate of drug-likeness (QED) is 0.312. The number of hydrogen-bond donors (Lipinski definition) is 0. The third-order valence-corrected chi connectivity index (χ3v) is 4.48. The third-order valence-electron chi connectivity index (χ3n) is 4.48. The maximum Gasteiger partial charge on any atom is 0.151 e. The molecule has 0 aliphatic carbocycles. The first kappa shape index (κ1) is 14.8. The largest absolute Gasteiger partial charge is 0.298 e. The van der Waals surface area contributed by atoms with Gasteiger partial charge in [0.05, 0.1) is 0 Å². The molecule has 112 valence electrons. The first-order valence-electron chi connectivity index (χ1n) is 8.24. The van der Waals surface area contributed by atoms with Crippen LogP contribution < -0.4 is 0 Å². The fourth-order valence-electron chi connectivity index (χ4n) is 3.38. The van der Waals surface area contributed by atoms with Crippen molar-refractivity contribution >= 4 is 27.8 Å². The second-order valence-corrected chi connectivity index (χ2v) is 5.91. The van der Waals surface area contributed by atoms with Crippen LogP contribution in [-0.4, -0.2) is 6.29 Å². The summed E-state index contributed by atoms with van der Waals surface area (Å²) in [7, 11) is 0. The smallest absolute Gasteiger partial charge is 0.151 e. The number of carbonyl (C=O) groups is 1. The summed E-state index contributed by atoms with van der Waals surface area (Å²) in [5.74, 6) is 0. The van der Waals surface area contributed by atoms with Gasteiger partial charge in [0.1, 0.15) is 0 Å². The standard InChI is InChI=1S/C21H22O/c1-2-3-4-5-10-16-17-11-6-8-13-19(17)21(15-22)20-14-9-7-12-18(16)20/h6-9,11-15H,2-5,10H2,1H3. The van der Waals surface area contributed by atoms with Gasteiger partial charge in [-0.3, -0.25) is 4.79 Å². The van der Waals surface area contributed by atoms with Crippen LogP contribution in [0.2, 0.25) is 0 Å². The zero-order valence-electron chi connectivity index (χ0n) is 13.1. The molecule has 0 saturated heterocycles. The molecule has 3 rings (SSSR count). The summed E-state index contributed by atoms with van der Waals surface area (Å²) in [5, 5.41) is 4.64. The van der Waals surface area contributed by atoms with E-state index in [0.717, 1.165) is 29.0 Å². The van der Waals surface area contributed by atoms with Crippen molar-refractivity contribution in [2.75, 3.05) is 0 Å². The molecule has 3 aromatic rings. The van der Waals surface area contributed by atoms with Crippen LogP contribution in [-0.2, 0) is 6.42 Å². The average molecular weight is 290 g/mol. The Labute approximate surface area is 132 Å². The normalized spacial score (nSPS) is 11.1. The van der Waals surface area contributed by atoms with Gasteiger partial charge >= 0.3 is 0 Å². The lowest BCUT2D eigenvalue weighted by atomic mass is 9.90. The molecular formula is C21H22O. The molecule has 0 bridgehead atoms. The average Bonchev–Trinajstić information content (AvgIpc) is 2.58. The molecule has 0 atom stereocenters. The summed E-state index contributed by atoms with van der Waals surface area (Å²) < 4.78 is 0. The summed E-state index contributed by atoms with van der Waals surface area (Å²) in [6.07, 6.45) is 7.12. The van der Waals surface area contributed by atoms with E-state index in [1.54, 1.807) is 0 Å². The number of aryl methyl sites for hydroxylation is 1. The molecule has 0 amide bonds. The zero-order valence-corrected chi connectivity index (χ0v) is 13.1. The van der Waals surface area contributed by atoms with Crippen molar-refractivity contribution < 1.29 is 4.79 Å². The first-order chi connectivity index (χ1) is 10.9. The second-order valence-electron chi connectivity index (χ2n) is 5.91. The summed E-state index contributed by atoms with van der Waals surface area (Å²) in [5.41, 5.74) is 2.22. The number of carbonyl (C=O) groups excluding carboxylic acids is 1. The fraction of sp³-hybridized carbons (Fsp3) is 0.286. The molecule has 0 unspecified atom stereocenters.